The molecule has 3 amide bonds. The number of nitrogens with one attached hydrogen (secondary N) is 3. The Hall–Kier alpha value is -4.33. The van der Waals surface area contributed by atoms with Crippen LogP contribution in [-0.2, 0) is 4.79 Å². The number of aliphatic hydroxyl groups is 1. The fourth-order valence-corrected chi connectivity index (χ4v) is 5.41. The van der Waals surface area contributed by atoms with Gasteiger partial charge in [0.2, 0.25) is 5.91 Å². The van der Waals surface area contributed by atoms with E-state index in [0.29, 0.717) is 22.2 Å². The molecule has 47 heavy (non-hydrogen) atoms. The van der Waals surface area contributed by atoms with Gasteiger partial charge in [0.25, 0.3) is 11.8 Å². The van der Waals surface area contributed by atoms with Crippen molar-refractivity contribution in [3.63, 3.8) is 0 Å². The summed E-state index contributed by atoms with van der Waals surface area (Å²) in [5.41, 5.74) is -1.36. The molecule has 0 spiro atoms. The van der Waals surface area contributed by atoms with Crippen LogP contribution in [0.2, 0.25) is 10.0 Å². The van der Waals surface area contributed by atoms with E-state index in [0.717, 1.165) is 4.90 Å². The highest BCUT2D eigenvalue weighted by molar-refractivity contribution is 6.39. The fourth-order valence-electron chi connectivity index (χ4n) is 4.85. The van der Waals surface area contributed by atoms with E-state index in [2.05, 4.69) is 21.0 Å². The number of carbonyl (C=O) groups is 3. The number of rotatable bonds is 11. The van der Waals surface area contributed by atoms with Crippen molar-refractivity contribution >= 4 is 57.5 Å². The molecule has 0 aliphatic carbocycles. The third kappa shape index (κ3) is 7.80. The second-order valence-electron chi connectivity index (χ2n) is 11.2. The second-order valence-corrected chi connectivity index (χ2v) is 12.0. The smallest absolute Gasteiger partial charge is 0.381 e. The SMILES string of the molecule is CNC(=O)CNC(=O)c1cccc(-n2ncc3c(NCC(O)(CN(C(=O)c4c(Cl)cccc4Cl)C(C)C)C(F)(F)F)cc(C)cc32)c1. The van der Waals surface area contributed by atoms with Gasteiger partial charge >= 0.3 is 6.18 Å². The summed E-state index contributed by atoms with van der Waals surface area (Å²) in [5, 5.41) is 23.6. The van der Waals surface area contributed by atoms with Crippen LogP contribution >= 0.6 is 23.2 Å². The van der Waals surface area contributed by atoms with Crippen LogP contribution in [0.15, 0.2) is 60.8 Å². The van der Waals surface area contributed by atoms with Gasteiger partial charge in [0.05, 0.1) is 52.6 Å². The molecule has 15 heteroatoms. The number of carbonyl (C=O) groups excluding carboxylic acids is 3. The molecule has 4 N–H and O–H groups in total. The predicted octanol–water partition coefficient (Wildman–Crippen LogP) is 5.37. The molecule has 3 aromatic carbocycles. The number of benzene rings is 3. The topological polar surface area (TPSA) is 129 Å². The van der Waals surface area contributed by atoms with Crippen LogP contribution < -0.4 is 16.0 Å². The Labute approximate surface area is 278 Å². The summed E-state index contributed by atoms with van der Waals surface area (Å²) >= 11 is 12.4. The van der Waals surface area contributed by atoms with Gasteiger partial charge in [-0.25, -0.2) is 4.68 Å². The normalized spacial score (nSPS) is 12.9. The molecule has 4 rings (SSSR count). The number of hydrogen-bond acceptors (Lipinski definition) is 6. The van der Waals surface area contributed by atoms with Crippen LogP contribution in [-0.4, -0.2) is 82.0 Å². The number of amides is 3. The largest absolute Gasteiger partial charge is 0.420 e. The minimum Gasteiger partial charge on any atom is -0.381 e. The van der Waals surface area contributed by atoms with Crippen LogP contribution in [0.1, 0.15) is 40.1 Å². The first kappa shape index (κ1) is 35.5. The van der Waals surface area contributed by atoms with Gasteiger partial charge in [-0.3, -0.25) is 14.4 Å². The van der Waals surface area contributed by atoms with Crippen LogP contribution in [0.4, 0.5) is 18.9 Å². The lowest BCUT2D eigenvalue weighted by molar-refractivity contribution is -0.258. The summed E-state index contributed by atoms with van der Waals surface area (Å²) in [6.45, 7) is 2.46. The zero-order valence-corrected chi connectivity index (χ0v) is 27.4. The van der Waals surface area contributed by atoms with Gasteiger partial charge in [-0.05, 0) is 68.8 Å². The zero-order valence-electron chi connectivity index (χ0n) is 25.9. The summed E-state index contributed by atoms with van der Waals surface area (Å²) in [5.74, 6) is -1.71. The molecule has 10 nitrogen and oxygen atoms in total. The Balaban J connectivity index is 1.64. The number of alkyl halides is 3. The lowest BCUT2D eigenvalue weighted by Crippen LogP contribution is -2.59. The molecule has 0 aliphatic heterocycles. The van der Waals surface area contributed by atoms with Crippen LogP contribution in [0, 0.1) is 6.92 Å². The summed E-state index contributed by atoms with van der Waals surface area (Å²) in [7, 11) is 1.45. The Morgan fingerprint density at radius 2 is 1.70 bits per heavy atom. The fraction of sp³-hybridized carbons (Fsp3) is 0.312. The van der Waals surface area contributed by atoms with Gasteiger partial charge < -0.3 is 26.0 Å². The van der Waals surface area contributed by atoms with Gasteiger partial charge in [-0.2, -0.15) is 18.3 Å². The summed E-state index contributed by atoms with van der Waals surface area (Å²) in [4.78, 5) is 38.4. The van der Waals surface area contributed by atoms with Gasteiger partial charge in [0.15, 0.2) is 5.60 Å². The average molecular weight is 694 g/mol. The average Bonchev–Trinajstić information content (AvgIpc) is 3.44. The first-order valence-corrected chi connectivity index (χ1v) is 15.2. The van der Waals surface area contributed by atoms with Gasteiger partial charge in [-0.15, -0.1) is 0 Å². The molecule has 1 atom stereocenters. The Morgan fingerprint density at radius 1 is 1.04 bits per heavy atom. The number of hydrogen-bond donors (Lipinski definition) is 4. The molecular weight excluding hydrogens is 660 g/mol. The zero-order chi connectivity index (χ0) is 34.7. The van der Waals surface area contributed by atoms with Crippen molar-refractivity contribution in [3.8, 4) is 5.69 Å². The molecule has 0 aliphatic rings. The van der Waals surface area contributed by atoms with E-state index in [-0.39, 0.29) is 39.3 Å². The third-order valence-corrected chi connectivity index (χ3v) is 8.10. The molecule has 0 fully saturated rings. The number of aromatic nitrogens is 2. The quantitative estimate of drug-likeness (QED) is 0.167. The first-order chi connectivity index (χ1) is 22.1. The molecule has 0 radical (unpaired) electrons. The van der Waals surface area contributed by atoms with Crippen LogP contribution in [0.25, 0.3) is 16.6 Å². The van der Waals surface area contributed by atoms with Crippen molar-refractivity contribution in [1.29, 1.82) is 0 Å². The van der Waals surface area contributed by atoms with Crippen molar-refractivity contribution in [2.24, 2.45) is 0 Å². The Bertz CT molecular complexity index is 1790. The van der Waals surface area contributed by atoms with Gasteiger partial charge in [0, 0.05) is 29.7 Å². The maximum atomic E-state index is 14.5. The monoisotopic (exact) mass is 692 g/mol. The number of fused-ring (bicyclic) bond motifs is 1. The number of likely N-dealkylation sites (N-methyl/N-ethyl adjacent to an activating group) is 1. The molecule has 1 heterocycles. The third-order valence-electron chi connectivity index (χ3n) is 7.47. The lowest BCUT2D eigenvalue weighted by atomic mass is 10.00. The molecule has 0 bridgehead atoms. The van der Waals surface area contributed by atoms with Crippen molar-refractivity contribution in [2.45, 2.75) is 38.6 Å². The van der Waals surface area contributed by atoms with E-state index in [4.69, 9.17) is 23.2 Å². The Morgan fingerprint density at radius 3 is 2.32 bits per heavy atom. The Kier molecular flexibility index (Phi) is 10.7. The van der Waals surface area contributed by atoms with E-state index < -0.39 is 42.7 Å². The maximum Gasteiger partial charge on any atom is 0.420 e. The molecular formula is C32H33Cl2F3N6O4. The highest BCUT2D eigenvalue weighted by Gasteiger charge is 2.55. The van der Waals surface area contributed by atoms with E-state index in [1.165, 1.54) is 50.0 Å². The van der Waals surface area contributed by atoms with E-state index in [1.54, 1.807) is 43.3 Å². The number of halogens is 5. The van der Waals surface area contributed by atoms with E-state index in [1.807, 2.05) is 0 Å². The minimum atomic E-state index is -5.15. The minimum absolute atomic E-state index is 0.0314. The van der Waals surface area contributed by atoms with Crippen molar-refractivity contribution in [1.82, 2.24) is 25.3 Å². The molecule has 1 unspecified atom stereocenters. The van der Waals surface area contributed by atoms with Gasteiger partial charge in [0.1, 0.15) is 0 Å². The number of anilines is 1. The number of aryl methyl sites for hydroxylation is 1. The van der Waals surface area contributed by atoms with Crippen LogP contribution in [0.5, 0.6) is 0 Å². The molecule has 1 aromatic heterocycles. The van der Waals surface area contributed by atoms with E-state index in [9.17, 15) is 32.7 Å². The van der Waals surface area contributed by atoms with Crippen molar-refractivity contribution in [3.05, 3.63) is 87.5 Å². The molecule has 4 aromatic rings. The molecule has 0 saturated carbocycles. The summed E-state index contributed by atoms with van der Waals surface area (Å²) in [6.07, 6.45) is -3.70. The van der Waals surface area contributed by atoms with Gasteiger partial charge in [-0.1, -0.05) is 35.3 Å². The summed E-state index contributed by atoms with van der Waals surface area (Å²) < 4.78 is 45.2. The molecule has 250 valence electrons. The van der Waals surface area contributed by atoms with Crippen molar-refractivity contribution in [2.75, 3.05) is 32.0 Å². The number of nitrogens with zero attached hydrogens (tertiary/aromatic N) is 3. The second kappa shape index (κ2) is 14.2. The molecule has 0 saturated heterocycles. The van der Waals surface area contributed by atoms with Crippen molar-refractivity contribution < 1.29 is 32.7 Å². The first-order valence-electron chi connectivity index (χ1n) is 14.4. The van der Waals surface area contributed by atoms with E-state index >= 15 is 0 Å². The summed E-state index contributed by atoms with van der Waals surface area (Å²) in [6, 6.07) is 13.4. The maximum absolute atomic E-state index is 14.5. The van der Waals surface area contributed by atoms with Crippen LogP contribution in [0.3, 0.4) is 0 Å². The standard InChI is InChI=1S/C32H33Cl2F3N6O4/c1-18(2)42(30(46)28-23(33)9-6-10-24(28)34)17-31(47,32(35,36)37)16-40-25-11-19(3)12-26-22(25)14-41-43(26)21-8-5-7-20(13-21)29(45)39-15-27(44)38-4/h5-14,18,40,47H,15-17H2,1-4H3,(H,38,44)(H,39,45). The lowest BCUT2D eigenvalue weighted by Gasteiger charge is -2.38. The highest BCUT2D eigenvalue weighted by Crippen LogP contribution is 2.35. The highest BCUT2D eigenvalue weighted by atomic mass is 35.5. The predicted molar refractivity (Wildman–Crippen MR) is 174 cm³/mol.